The van der Waals surface area contributed by atoms with E-state index in [2.05, 4.69) is 20.8 Å². The normalized spacial score (nSPS) is 18.9. The number of thioether (sulfide) groups is 1. The number of nitrogen functional groups attached to an aromatic ring is 1. The van der Waals surface area contributed by atoms with Crippen molar-refractivity contribution in [2.24, 2.45) is 5.16 Å². The molecular weight excluding hydrogens is 580 g/mol. The lowest BCUT2D eigenvalue weighted by atomic mass is 10.0. The Morgan fingerprint density at radius 2 is 1.95 bits per heavy atom. The van der Waals surface area contributed by atoms with E-state index < -0.39 is 46.5 Å². The third-order valence-electron chi connectivity index (χ3n) is 6.10. The summed E-state index contributed by atoms with van der Waals surface area (Å²) in [6, 6.07) is 3.21. The van der Waals surface area contributed by atoms with E-state index in [-0.39, 0.29) is 46.9 Å². The number of nitrogens with two attached hydrogens (primary N) is 1. The van der Waals surface area contributed by atoms with Crippen molar-refractivity contribution in [3.8, 4) is 11.5 Å². The van der Waals surface area contributed by atoms with E-state index in [9.17, 15) is 39.6 Å². The number of carbonyl (C=O) groups excluding carboxylic acids is 2. The highest BCUT2D eigenvalue weighted by Crippen LogP contribution is 2.40. The Labute approximate surface area is 240 Å². The molecule has 0 radical (unpaired) electrons. The Balaban J connectivity index is 1.47. The van der Waals surface area contributed by atoms with Gasteiger partial charge in [-0.2, -0.15) is 0 Å². The highest BCUT2D eigenvalue weighted by atomic mass is 32.2. The molecule has 1 unspecified atom stereocenters. The highest BCUT2D eigenvalue weighted by molar-refractivity contribution is 8.00. The van der Waals surface area contributed by atoms with Crippen molar-refractivity contribution in [2.75, 3.05) is 18.0 Å². The fourth-order valence-electron chi connectivity index (χ4n) is 3.87. The quantitative estimate of drug-likeness (QED) is 0.0787. The summed E-state index contributed by atoms with van der Waals surface area (Å²) in [4.78, 5) is 59.9. The van der Waals surface area contributed by atoms with Crippen LogP contribution >= 0.6 is 23.1 Å². The lowest BCUT2D eigenvalue weighted by Crippen LogP contribution is -2.71. The maximum absolute atomic E-state index is 13.2. The molecule has 17 heteroatoms. The van der Waals surface area contributed by atoms with E-state index in [1.54, 1.807) is 6.07 Å². The van der Waals surface area contributed by atoms with E-state index in [0.717, 1.165) is 16.2 Å². The van der Waals surface area contributed by atoms with Crippen molar-refractivity contribution in [1.29, 1.82) is 0 Å². The van der Waals surface area contributed by atoms with E-state index in [0.29, 0.717) is 11.1 Å². The minimum Gasteiger partial charge on any atom is -0.504 e. The Hall–Kier alpha value is -4.35. The lowest BCUT2D eigenvalue weighted by molar-refractivity contribution is -0.161. The van der Waals surface area contributed by atoms with Crippen molar-refractivity contribution >= 4 is 57.7 Å². The van der Waals surface area contributed by atoms with Crippen LogP contribution in [-0.2, 0) is 30.6 Å². The second-order valence-corrected chi connectivity index (χ2v) is 11.5. The van der Waals surface area contributed by atoms with Crippen molar-refractivity contribution in [3.63, 3.8) is 0 Å². The smallest absolute Gasteiger partial charge is 0.352 e. The van der Waals surface area contributed by atoms with Crippen molar-refractivity contribution in [2.45, 2.75) is 37.4 Å². The molecule has 0 bridgehead atoms. The molecule has 0 aliphatic carbocycles. The largest absolute Gasteiger partial charge is 0.504 e. The summed E-state index contributed by atoms with van der Waals surface area (Å²) < 4.78 is 0. The van der Waals surface area contributed by atoms with Gasteiger partial charge in [0.15, 0.2) is 22.3 Å². The molecule has 3 heterocycles. The minimum absolute atomic E-state index is 0.00698. The number of thiazole rings is 1. The molecule has 15 nitrogen and oxygen atoms in total. The Bertz CT molecular complexity index is 1470. The second-order valence-electron chi connectivity index (χ2n) is 9.46. The van der Waals surface area contributed by atoms with Crippen LogP contribution in [0.25, 0.3) is 0 Å². The Kier molecular flexibility index (Phi) is 8.41. The van der Waals surface area contributed by atoms with Gasteiger partial charge in [0.1, 0.15) is 22.8 Å². The number of carbonyl (C=O) groups is 4. The Morgan fingerprint density at radius 3 is 2.56 bits per heavy atom. The van der Waals surface area contributed by atoms with Gasteiger partial charge >= 0.3 is 11.9 Å². The molecule has 2 aliphatic heterocycles. The first-order valence-electron chi connectivity index (χ1n) is 11.9. The van der Waals surface area contributed by atoms with Crippen molar-refractivity contribution < 1.29 is 44.4 Å². The maximum atomic E-state index is 13.2. The van der Waals surface area contributed by atoms with Gasteiger partial charge in [-0.15, -0.1) is 23.1 Å². The van der Waals surface area contributed by atoms with E-state index in [1.807, 2.05) is 0 Å². The van der Waals surface area contributed by atoms with Gasteiger partial charge < -0.3 is 41.6 Å². The number of nitrogens with zero attached hydrogens (tertiary/aromatic N) is 3. The van der Waals surface area contributed by atoms with Crippen LogP contribution in [0.5, 0.6) is 11.5 Å². The van der Waals surface area contributed by atoms with Gasteiger partial charge in [-0.25, -0.2) is 14.6 Å². The zero-order chi connectivity index (χ0) is 30.1. The number of benzene rings is 1. The summed E-state index contributed by atoms with van der Waals surface area (Å²) in [6.07, 6.45) is 0. The number of amides is 2. The number of hydrogen-bond acceptors (Lipinski definition) is 13. The number of oxime groups is 1. The molecule has 1 saturated heterocycles. The van der Waals surface area contributed by atoms with Crippen LogP contribution in [0.3, 0.4) is 0 Å². The Morgan fingerprint density at radius 1 is 1.22 bits per heavy atom. The maximum Gasteiger partial charge on any atom is 0.352 e. The van der Waals surface area contributed by atoms with E-state index >= 15 is 0 Å². The number of aromatic hydroxyl groups is 2. The number of rotatable bonds is 11. The molecular formula is C24H26N6O9S2. The SMILES string of the molecule is CC(C)(O/N=C(\C(=O)NC1C(=O)N2C(C(=O)O)=C(CNCc3ccc(O)c(O)c3)CS[C@H]12)c1csc(N)n1)C(=O)O. The number of phenolic OH excluding ortho intramolecular Hbond substituents is 2. The lowest BCUT2D eigenvalue weighted by Gasteiger charge is -2.49. The number of hydrogen-bond donors (Lipinski definition) is 7. The molecule has 2 aliphatic rings. The first-order valence-corrected chi connectivity index (χ1v) is 13.9. The number of carboxylic acid groups (broad SMARTS) is 2. The number of anilines is 1. The molecule has 1 aromatic heterocycles. The topological polar surface area (TPSA) is 237 Å². The summed E-state index contributed by atoms with van der Waals surface area (Å²) in [5.74, 6) is -4.48. The average Bonchev–Trinajstić information content (AvgIpc) is 3.34. The molecule has 2 atom stereocenters. The van der Waals surface area contributed by atoms with Gasteiger partial charge in [-0.3, -0.25) is 14.5 Å². The first kappa shape index (κ1) is 29.6. The van der Waals surface area contributed by atoms with Gasteiger partial charge in [0, 0.05) is 24.2 Å². The molecule has 0 spiro atoms. The molecule has 2 amide bonds. The monoisotopic (exact) mass is 606 g/mol. The highest BCUT2D eigenvalue weighted by Gasteiger charge is 2.54. The number of carboxylic acids is 2. The third kappa shape index (κ3) is 6.21. The second kappa shape index (κ2) is 11.6. The number of nitrogens with one attached hydrogen (secondary N) is 2. The van der Waals surface area contributed by atoms with Crippen LogP contribution in [0.15, 0.2) is 40.0 Å². The fourth-order valence-corrected chi connectivity index (χ4v) is 5.76. The van der Waals surface area contributed by atoms with Crippen LogP contribution in [0.1, 0.15) is 25.1 Å². The average molecular weight is 607 g/mol. The summed E-state index contributed by atoms with van der Waals surface area (Å²) in [5, 5.41) is 48.4. The minimum atomic E-state index is -1.77. The predicted molar refractivity (Wildman–Crippen MR) is 147 cm³/mol. The molecule has 218 valence electrons. The van der Waals surface area contributed by atoms with Crippen LogP contribution in [0.4, 0.5) is 5.13 Å². The van der Waals surface area contributed by atoms with Crippen molar-refractivity contribution in [3.05, 3.63) is 46.1 Å². The first-order chi connectivity index (χ1) is 19.3. The zero-order valence-corrected chi connectivity index (χ0v) is 23.3. The van der Waals surface area contributed by atoms with Gasteiger partial charge in [-0.05, 0) is 37.1 Å². The number of β-lactam (4-membered cyclic amide) rings is 1. The van der Waals surface area contributed by atoms with E-state index in [1.165, 1.54) is 43.1 Å². The van der Waals surface area contributed by atoms with Crippen LogP contribution in [0.2, 0.25) is 0 Å². The van der Waals surface area contributed by atoms with Gasteiger partial charge in [0.2, 0.25) is 5.60 Å². The summed E-state index contributed by atoms with van der Waals surface area (Å²) >= 11 is 2.26. The summed E-state index contributed by atoms with van der Waals surface area (Å²) in [6.45, 7) is 2.85. The predicted octanol–water partition coefficient (Wildman–Crippen LogP) is 0.249. The molecule has 41 heavy (non-hydrogen) atoms. The van der Waals surface area contributed by atoms with Gasteiger partial charge in [-0.1, -0.05) is 11.2 Å². The fraction of sp³-hybridized carbons (Fsp3) is 0.333. The van der Waals surface area contributed by atoms with Crippen LogP contribution < -0.4 is 16.4 Å². The molecule has 1 aromatic carbocycles. The molecule has 2 aromatic rings. The number of phenols is 2. The zero-order valence-electron chi connectivity index (χ0n) is 21.7. The molecule has 4 rings (SSSR count). The van der Waals surface area contributed by atoms with Crippen LogP contribution in [-0.4, -0.2) is 89.1 Å². The molecule has 8 N–H and O–H groups in total. The summed E-state index contributed by atoms with van der Waals surface area (Å²) in [7, 11) is 0. The van der Waals surface area contributed by atoms with Gasteiger partial charge in [0.25, 0.3) is 11.8 Å². The van der Waals surface area contributed by atoms with Crippen LogP contribution in [0, 0.1) is 0 Å². The standard InChI is InChI=1S/C24H26N6O9S2/c1-24(2,22(37)38)39-29-15(12-9-41-23(25)27-12)18(33)28-16-19(34)30-17(21(35)36)11(8-40-20(16)30)7-26-6-10-3-4-13(31)14(32)5-10/h3-5,9,16,20,26,31-32H,6-8H2,1-2H3,(H2,25,27)(H,28,33)(H,35,36)(H,37,38)/b29-15-/t16?,20-/m1/s1. The molecule has 0 saturated carbocycles. The summed E-state index contributed by atoms with van der Waals surface area (Å²) in [5.41, 5.74) is 4.40. The third-order valence-corrected chi connectivity index (χ3v) is 8.12. The van der Waals surface area contributed by atoms with E-state index in [4.69, 9.17) is 10.6 Å². The number of aliphatic carboxylic acids is 2. The number of aromatic nitrogens is 1. The van der Waals surface area contributed by atoms with Crippen molar-refractivity contribution in [1.82, 2.24) is 20.5 Å². The molecule has 1 fully saturated rings. The van der Waals surface area contributed by atoms with Gasteiger partial charge in [0.05, 0.1) is 0 Å². The number of fused-ring (bicyclic) bond motifs is 1.